The number of aliphatic hydroxyl groups excluding tert-OH is 2. The standard InChI is InChI=1S/C23H46O3/c1-2-3-4-5-6-7-8-9-10-11-12-13-14-15-16-17-18-19-20-26-22-23(25)21-24/h11-12,23-25H,2-10,13-22H2,1H3. The Labute approximate surface area is 163 Å². The van der Waals surface area contributed by atoms with Crippen molar-refractivity contribution in [3.63, 3.8) is 0 Å². The van der Waals surface area contributed by atoms with Gasteiger partial charge in [0.15, 0.2) is 0 Å². The summed E-state index contributed by atoms with van der Waals surface area (Å²) in [5, 5.41) is 17.8. The van der Waals surface area contributed by atoms with Gasteiger partial charge >= 0.3 is 0 Å². The summed E-state index contributed by atoms with van der Waals surface area (Å²) < 4.78 is 5.30. The number of hydrogen-bond donors (Lipinski definition) is 2. The Morgan fingerprint density at radius 2 is 1.15 bits per heavy atom. The molecule has 0 aliphatic heterocycles. The fourth-order valence-electron chi connectivity index (χ4n) is 3.08. The van der Waals surface area contributed by atoms with Gasteiger partial charge in [-0.3, -0.25) is 0 Å². The maximum absolute atomic E-state index is 9.13. The maximum Gasteiger partial charge on any atom is 0.100 e. The van der Waals surface area contributed by atoms with Gasteiger partial charge < -0.3 is 14.9 Å². The number of rotatable bonds is 21. The van der Waals surface area contributed by atoms with E-state index in [2.05, 4.69) is 19.1 Å². The lowest BCUT2D eigenvalue weighted by molar-refractivity contribution is 0.00526. The third kappa shape index (κ3) is 21.7. The van der Waals surface area contributed by atoms with Crippen LogP contribution in [0.4, 0.5) is 0 Å². The fourth-order valence-corrected chi connectivity index (χ4v) is 3.08. The van der Waals surface area contributed by atoms with E-state index in [1.54, 1.807) is 0 Å². The van der Waals surface area contributed by atoms with Crippen LogP contribution in [-0.4, -0.2) is 36.1 Å². The average Bonchev–Trinajstić information content (AvgIpc) is 2.66. The predicted octanol–water partition coefficient (Wildman–Crippen LogP) is 6.17. The van der Waals surface area contributed by atoms with E-state index < -0.39 is 6.10 Å². The van der Waals surface area contributed by atoms with Gasteiger partial charge in [-0.2, -0.15) is 0 Å². The minimum atomic E-state index is -0.724. The van der Waals surface area contributed by atoms with Crippen molar-refractivity contribution in [1.29, 1.82) is 0 Å². The molecular weight excluding hydrogens is 324 g/mol. The lowest BCUT2D eigenvalue weighted by Crippen LogP contribution is -2.19. The Morgan fingerprint density at radius 3 is 1.65 bits per heavy atom. The summed E-state index contributed by atoms with van der Waals surface area (Å²) in [6, 6.07) is 0. The lowest BCUT2D eigenvalue weighted by Gasteiger charge is -2.07. The Morgan fingerprint density at radius 1 is 0.692 bits per heavy atom. The molecule has 0 spiro atoms. The first-order valence-electron chi connectivity index (χ1n) is 11.3. The van der Waals surface area contributed by atoms with E-state index in [1.165, 1.54) is 96.3 Å². The van der Waals surface area contributed by atoms with E-state index in [0.29, 0.717) is 6.61 Å². The highest BCUT2D eigenvalue weighted by atomic mass is 16.5. The normalized spacial score (nSPS) is 12.9. The van der Waals surface area contributed by atoms with Crippen molar-refractivity contribution >= 4 is 0 Å². The fraction of sp³-hybridized carbons (Fsp3) is 0.913. The molecule has 0 aliphatic rings. The summed E-state index contributed by atoms with van der Waals surface area (Å²) in [7, 11) is 0. The van der Waals surface area contributed by atoms with Gasteiger partial charge in [-0.05, 0) is 32.1 Å². The Bertz CT molecular complexity index is 279. The van der Waals surface area contributed by atoms with Crippen molar-refractivity contribution in [2.45, 2.75) is 116 Å². The monoisotopic (exact) mass is 370 g/mol. The molecule has 0 fully saturated rings. The first-order chi connectivity index (χ1) is 12.8. The summed E-state index contributed by atoms with van der Waals surface area (Å²) >= 11 is 0. The van der Waals surface area contributed by atoms with Crippen LogP contribution >= 0.6 is 0 Å². The van der Waals surface area contributed by atoms with Gasteiger partial charge in [0, 0.05) is 6.61 Å². The second-order valence-corrected chi connectivity index (χ2v) is 7.56. The highest BCUT2D eigenvalue weighted by Gasteiger charge is 2.00. The molecule has 0 aromatic carbocycles. The zero-order valence-corrected chi connectivity index (χ0v) is 17.5. The van der Waals surface area contributed by atoms with Gasteiger partial charge in [-0.25, -0.2) is 0 Å². The molecule has 0 heterocycles. The predicted molar refractivity (Wildman–Crippen MR) is 113 cm³/mol. The number of unbranched alkanes of at least 4 members (excludes halogenated alkanes) is 14. The van der Waals surface area contributed by atoms with Gasteiger partial charge in [0.05, 0.1) is 13.2 Å². The molecule has 0 radical (unpaired) electrons. The van der Waals surface area contributed by atoms with Crippen LogP contribution in [0.2, 0.25) is 0 Å². The number of aliphatic hydroxyl groups is 2. The summed E-state index contributed by atoms with van der Waals surface area (Å²) in [5.74, 6) is 0. The van der Waals surface area contributed by atoms with Crippen LogP contribution in [0.5, 0.6) is 0 Å². The summed E-state index contributed by atoms with van der Waals surface area (Å²) in [6.07, 6.45) is 25.2. The van der Waals surface area contributed by atoms with Gasteiger partial charge in [0.25, 0.3) is 0 Å². The molecule has 1 unspecified atom stereocenters. The molecule has 0 rings (SSSR count). The van der Waals surface area contributed by atoms with Gasteiger partial charge in [0.1, 0.15) is 6.10 Å². The van der Waals surface area contributed by atoms with Gasteiger partial charge in [-0.1, -0.05) is 89.7 Å². The summed E-state index contributed by atoms with van der Waals surface area (Å²) in [4.78, 5) is 0. The average molecular weight is 371 g/mol. The van der Waals surface area contributed by atoms with Crippen molar-refractivity contribution in [1.82, 2.24) is 0 Å². The SMILES string of the molecule is CCCCCCCCCCC=CCCCCCCCCOCC(O)CO. The Hall–Kier alpha value is -0.380. The molecular formula is C23H46O3. The van der Waals surface area contributed by atoms with Gasteiger partial charge in [-0.15, -0.1) is 0 Å². The van der Waals surface area contributed by atoms with Crippen LogP contribution in [0.15, 0.2) is 12.2 Å². The van der Waals surface area contributed by atoms with Crippen LogP contribution in [-0.2, 0) is 4.74 Å². The molecule has 156 valence electrons. The van der Waals surface area contributed by atoms with Crippen molar-refractivity contribution in [3.8, 4) is 0 Å². The zero-order valence-electron chi connectivity index (χ0n) is 17.5. The maximum atomic E-state index is 9.13. The van der Waals surface area contributed by atoms with Crippen LogP contribution < -0.4 is 0 Å². The van der Waals surface area contributed by atoms with Crippen LogP contribution in [0.3, 0.4) is 0 Å². The largest absolute Gasteiger partial charge is 0.394 e. The van der Waals surface area contributed by atoms with Gasteiger partial charge in [0.2, 0.25) is 0 Å². The van der Waals surface area contributed by atoms with Crippen LogP contribution in [0, 0.1) is 0 Å². The molecule has 0 saturated heterocycles. The molecule has 0 aromatic heterocycles. The first kappa shape index (κ1) is 25.6. The summed E-state index contributed by atoms with van der Waals surface area (Å²) in [6.45, 7) is 3.01. The van der Waals surface area contributed by atoms with E-state index in [4.69, 9.17) is 14.9 Å². The molecule has 3 heteroatoms. The topological polar surface area (TPSA) is 49.7 Å². The minimum absolute atomic E-state index is 0.215. The van der Waals surface area contributed by atoms with E-state index >= 15 is 0 Å². The zero-order chi connectivity index (χ0) is 19.1. The van der Waals surface area contributed by atoms with E-state index in [0.717, 1.165) is 6.42 Å². The van der Waals surface area contributed by atoms with E-state index in [1.807, 2.05) is 0 Å². The molecule has 1 atom stereocenters. The Balaban J connectivity index is 3.08. The molecule has 3 nitrogen and oxygen atoms in total. The number of allylic oxidation sites excluding steroid dienone is 2. The first-order valence-corrected chi connectivity index (χ1v) is 11.3. The second-order valence-electron chi connectivity index (χ2n) is 7.56. The third-order valence-electron chi connectivity index (χ3n) is 4.82. The van der Waals surface area contributed by atoms with E-state index in [9.17, 15) is 0 Å². The van der Waals surface area contributed by atoms with Crippen molar-refractivity contribution in [2.75, 3.05) is 19.8 Å². The number of ether oxygens (including phenoxy) is 1. The molecule has 26 heavy (non-hydrogen) atoms. The highest BCUT2D eigenvalue weighted by Crippen LogP contribution is 2.11. The van der Waals surface area contributed by atoms with E-state index in [-0.39, 0.29) is 13.2 Å². The van der Waals surface area contributed by atoms with Crippen molar-refractivity contribution in [3.05, 3.63) is 12.2 Å². The smallest absolute Gasteiger partial charge is 0.100 e. The summed E-state index contributed by atoms with van der Waals surface area (Å²) in [5.41, 5.74) is 0. The van der Waals surface area contributed by atoms with Crippen molar-refractivity contribution in [2.24, 2.45) is 0 Å². The van der Waals surface area contributed by atoms with Crippen LogP contribution in [0.1, 0.15) is 110 Å². The molecule has 0 aliphatic carbocycles. The molecule has 0 amide bonds. The minimum Gasteiger partial charge on any atom is -0.394 e. The lowest BCUT2D eigenvalue weighted by atomic mass is 10.1. The quantitative estimate of drug-likeness (QED) is 0.187. The third-order valence-corrected chi connectivity index (χ3v) is 4.82. The van der Waals surface area contributed by atoms with Crippen LogP contribution in [0.25, 0.3) is 0 Å². The molecule has 0 saturated carbocycles. The Kier molecular flexibility index (Phi) is 22.3. The van der Waals surface area contributed by atoms with Crippen molar-refractivity contribution < 1.29 is 14.9 Å². The molecule has 0 bridgehead atoms. The molecule has 0 aromatic rings. The number of hydrogen-bond acceptors (Lipinski definition) is 3. The highest BCUT2D eigenvalue weighted by molar-refractivity contribution is 4.81. The molecule has 2 N–H and O–H groups in total. The second kappa shape index (κ2) is 22.7.